The van der Waals surface area contributed by atoms with Crippen LogP contribution in [-0.4, -0.2) is 24.2 Å². The first kappa shape index (κ1) is 24.1. The van der Waals surface area contributed by atoms with Gasteiger partial charge in [-0.15, -0.1) is 0 Å². The molecule has 1 N–H and O–H groups in total. The molecule has 0 aliphatic heterocycles. The number of halogens is 1. The number of hydrogen-bond acceptors (Lipinski definition) is 6. The molecule has 0 spiro atoms. The van der Waals surface area contributed by atoms with Crippen molar-refractivity contribution in [1.29, 1.82) is 0 Å². The van der Waals surface area contributed by atoms with Crippen molar-refractivity contribution in [2.75, 3.05) is 6.54 Å². The number of amides is 1. The lowest BCUT2D eigenvalue weighted by Gasteiger charge is -2.19. The number of benzene rings is 1. The predicted octanol–water partition coefficient (Wildman–Crippen LogP) is 5.32. The summed E-state index contributed by atoms with van der Waals surface area (Å²) in [5.74, 6) is -0.221. The van der Waals surface area contributed by atoms with Crippen LogP contribution in [0.1, 0.15) is 70.4 Å². The molecule has 0 saturated carbocycles. The standard InChI is InChI=1S/C24H30ClNO6/c1-24(2,3)32-23(29)26-12-8-4-5-11-21(27)30-20-14-19-17(13-18(20)25)15-9-6-7-10-16(15)22(28)31-19/h13-14H,4-12H2,1-3H3,(H,26,29). The number of fused-ring (bicyclic) bond motifs is 3. The van der Waals surface area contributed by atoms with Crippen LogP contribution in [0.25, 0.3) is 11.0 Å². The second-order valence-corrected chi connectivity index (χ2v) is 9.45. The van der Waals surface area contributed by atoms with Crippen LogP contribution in [0.4, 0.5) is 4.79 Å². The summed E-state index contributed by atoms with van der Waals surface area (Å²) in [4.78, 5) is 36.1. The third kappa shape index (κ3) is 6.48. The first-order valence-electron chi connectivity index (χ1n) is 11.1. The zero-order valence-electron chi connectivity index (χ0n) is 18.8. The van der Waals surface area contributed by atoms with Crippen LogP contribution in [0.3, 0.4) is 0 Å². The van der Waals surface area contributed by atoms with Crippen molar-refractivity contribution in [3.63, 3.8) is 0 Å². The van der Waals surface area contributed by atoms with Crippen LogP contribution >= 0.6 is 11.6 Å². The van der Waals surface area contributed by atoms with Crippen molar-refractivity contribution in [2.45, 2.75) is 77.7 Å². The summed E-state index contributed by atoms with van der Waals surface area (Å²) < 4.78 is 16.0. The number of carbonyl (C=O) groups excluding carboxylic acids is 2. The Morgan fingerprint density at radius 2 is 1.81 bits per heavy atom. The summed E-state index contributed by atoms with van der Waals surface area (Å²) in [6.07, 6.45) is 5.38. The molecule has 1 aliphatic rings. The molecule has 0 unspecified atom stereocenters. The van der Waals surface area contributed by atoms with Gasteiger partial charge in [-0.25, -0.2) is 9.59 Å². The van der Waals surface area contributed by atoms with Gasteiger partial charge in [0.25, 0.3) is 0 Å². The molecule has 2 aromatic rings. The normalized spacial score (nSPS) is 13.5. The Kier molecular flexibility index (Phi) is 7.82. The zero-order valence-corrected chi connectivity index (χ0v) is 19.6. The van der Waals surface area contributed by atoms with Crippen LogP contribution in [0, 0.1) is 0 Å². The Hall–Kier alpha value is -2.54. The third-order valence-corrected chi connectivity index (χ3v) is 5.52. The van der Waals surface area contributed by atoms with E-state index in [-0.39, 0.29) is 17.8 Å². The summed E-state index contributed by atoms with van der Waals surface area (Å²) in [6.45, 7) is 5.90. The van der Waals surface area contributed by atoms with Crippen molar-refractivity contribution in [3.05, 3.63) is 38.7 Å². The van der Waals surface area contributed by atoms with Crippen LogP contribution in [-0.2, 0) is 22.4 Å². The Morgan fingerprint density at radius 1 is 1.09 bits per heavy atom. The van der Waals surface area contributed by atoms with Gasteiger partial charge in [0.1, 0.15) is 11.2 Å². The molecule has 1 aliphatic carbocycles. The Balaban J connectivity index is 1.50. The molecular weight excluding hydrogens is 434 g/mol. The van der Waals surface area contributed by atoms with Gasteiger partial charge in [-0.3, -0.25) is 4.79 Å². The monoisotopic (exact) mass is 463 g/mol. The molecule has 7 nitrogen and oxygen atoms in total. The van der Waals surface area contributed by atoms with Crippen molar-refractivity contribution in [3.8, 4) is 5.75 Å². The van der Waals surface area contributed by atoms with E-state index in [2.05, 4.69) is 5.32 Å². The van der Waals surface area contributed by atoms with Gasteiger partial charge in [0.15, 0.2) is 5.75 Å². The summed E-state index contributed by atoms with van der Waals surface area (Å²) in [7, 11) is 0. The summed E-state index contributed by atoms with van der Waals surface area (Å²) in [5, 5.41) is 3.81. The van der Waals surface area contributed by atoms with E-state index in [1.165, 1.54) is 6.07 Å². The first-order chi connectivity index (χ1) is 15.1. The number of unbranched alkanes of at least 4 members (excludes halogenated alkanes) is 2. The topological polar surface area (TPSA) is 94.8 Å². The van der Waals surface area contributed by atoms with E-state index in [1.807, 2.05) is 20.8 Å². The highest BCUT2D eigenvalue weighted by molar-refractivity contribution is 6.33. The molecule has 8 heteroatoms. The lowest BCUT2D eigenvalue weighted by molar-refractivity contribution is -0.134. The molecule has 0 saturated heterocycles. The lowest BCUT2D eigenvalue weighted by Crippen LogP contribution is -2.33. The summed E-state index contributed by atoms with van der Waals surface area (Å²) >= 11 is 6.36. The number of carbonyl (C=O) groups is 2. The number of aryl methyl sites for hydroxylation is 1. The van der Waals surface area contributed by atoms with Gasteiger partial charge in [-0.05, 0) is 70.9 Å². The maximum Gasteiger partial charge on any atom is 0.407 e. The molecule has 3 rings (SSSR count). The summed E-state index contributed by atoms with van der Waals surface area (Å²) in [6, 6.07) is 3.24. The quantitative estimate of drug-likeness (QED) is 0.258. The fourth-order valence-corrected chi connectivity index (χ4v) is 3.97. The summed E-state index contributed by atoms with van der Waals surface area (Å²) in [5.41, 5.74) is 1.25. The van der Waals surface area contributed by atoms with Crippen LogP contribution in [0.5, 0.6) is 5.75 Å². The molecule has 1 amide bonds. The third-order valence-electron chi connectivity index (χ3n) is 5.23. The second-order valence-electron chi connectivity index (χ2n) is 9.05. The van der Waals surface area contributed by atoms with Crippen molar-refractivity contribution in [1.82, 2.24) is 5.32 Å². The highest BCUT2D eigenvalue weighted by Crippen LogP contribution is 2.34. The van der Waals surface area contributed by atoms with Crippen molar-refractivity contribution >= 4 is 34.6 Å². The van der Waals surface area contributed by atoms with Crippen molar-refractivity contribution < 1.29 is 23.5 Å². The van der Waals surface area contributed by atoms with E-state index in [9.17, 15) is 14.4 Å². The fraction of sp³-hybridized carbons (Fsp3) is 0.542. The van der Waals surface area contributed by atoms with Crippen LogP contribution < -0.4 is 15.7 Å². The minimum atomic E-state index is -0.528. The second kappa shape index (κ2) is 10.4. The van der Waals surface area contributed by atoms with Gasteiger partial charge < -0.3 is 19.2 Å². The highest BCUT2D eigenvalue weighted by Gasteiger charge is 2.20. The maximum atomic E-state index is 12.3. The average Bonchev–Trinajstić information content (AvgIpc) is 2.71. The fourth-order valence-electron chi connectivity index (χ4n) is 3.77. The number of nitrogens with one attached hydrogen (secondary N) is 1. The van der Waals surface area contributed by atoms with E-state index < -0.39 is 17.7 Å². The number of alkyl carbamates (subject to hydrolysis) is 1. The smallest absolute Gasteiger partial charge is 0.407 e. The van der Waals surface area contributed by atoms with E-state index >= 15 is 0 Å². The molecule has 1 aromatic heterocycles. The maximum absolute atomic E-state index is 12.3. The molecule has 0 radical (unpaired) electrons. The van der Waals surface area contributed by atoms with E-state index in [0.29, 0.717) is 23.6 Å². The van der Waals surface area contributed by atoms with Gasteiger partial charge >= 0.3 is 17.7 Å². The Morgan fingerprint density at radius 3 is 2.53 bits per heavy atom. The lowest BCUT2D eigenvalue weighted by atomic mass is 9.91. The molecular formula is C24H30ClNO6. The highest BCUT2D eigenvalue weighted by atomic mass is 35.5. The Labute approximate surface area is 192 Å². The average molecular weight is 464 g/mol. The van der Waals surface area contributed by atoms with E-state index in [4.69, 9.17) is 25.5 Å². The van der Waals surface area contributed by atoms with Crippen LogP contribution in [0.15, 0.2) is 21.3 Å². The van der Waals surface area contributed by atoms with Crippen LogP contribution in [0.2, 0.25) is 5.02 Å². The zero-order chi connectivity index (χ0) is 23.3. The number of esters is 1. The van der Waals surface area contributed by atoms with Gasteiger partial charge in [-0.1, -0.05) is 18.0 Å². The SMILES string of the molecule is CC(C)(C)OC(=O)NCCCCCC(=O)Oc1cc2oc(=O)c3c(c2cc1Cl)CCCC3. The molecule has 174 valence electrons. The van der Waals surface area contributed by atoms with Gasteiger partial charge in [-0.2, -0.15) is 0 Å². The molecule has 0 atom stereocenters. The predicted molar refractivity (Wildman–Crippen MR) is 122 cm³/mol. The Bertz CT molecular complexity index is 1050. The largest absolute Gasteiger partial charge is 0.444 e. The molecule has 1 aromatic carbocycles. The van der Waals surface area contributed by atoms with Gasteiger partial charge in [0.2, 0.25) is 0 Å². The van der Waals surface area contributed by atoms with Gasteiger partial charge in [0.05, 0.1) is 5.02 Å². The first-order valence-corrected chi connectivity index (χ1v) is 11.5. The van der Waals surface area contributed by atoms with E-state index in [1.54, 1.807) is 6.07 Å². The van der Waals surface area contributed by atoms with Gasteiger partial charge in [0, 0.05) is 30.0 Å². The van der Waals surface area contributed by atoms with Crippen molar-refractivity contribution in [2.24, 2.45) is 0 Å². The van der Waals surface area contributed by atoms with E-state index in [0.717, 1.165) is 55.0 Å². The molecule has 0 bridgehead atoms. The number of rotatable bonds is 7. The number of ether oxygens (including phenoxy) is 2. The molecule has 1 heterocycles. The number of hydrogen-bond donors (Lipinski definition) is 1. The molecule has 0 fully saturated rings. The minimum Gasteiger partial charge on any atom is -0.444 e. The molecule has 32 heavy (non-hydrogen) atoms. The minimum absolute atomic E-state index is 0.190.